The van der Waals surface area contributed by atoms with Crippen LogP contribution >= 0.6 is 0 Å². The molecule has 0 fully saturated rings. The van der Waals surface area contributed by atoms with E-state index in [-0.39, 0.29) is 5.69 Å². The maximum atomic E-state index is 12.0. The Morgan fingerprint density at radius 2 is 1.82 bits per heavy atom. The summed E-state index contributed by atoms with van der Waals surface area (Å²) < 4.78 is 12.0. The second-order valence-electron chi connectivity index (χ2n) is 3.19. The average Bonchev–Trinajstić information content (AvgIpc) is 2.39. The van der Waals surface area contributed by atoms with Crippen molar-refractivity contribution in [3.05, 3.63) is 48.4 Å². The van der Waals surface area contributed by atoms with Gasteiger partial charge in [-0.3, -0.25) is 4.79 Å². The van der Waals surface area contributed by atoms with Crippen molar-refractivity contribution in [2.45, 2.75) is 9.92 Å². The van der Waals surface area contributed by atoms with Crippen LogP contribution in [0.5, 0.6) is 0 Å². The van der Waals surface area contributed by atoms with Crippen LogP contribution in [0.15, 0.2) is 52.6 Å². The first-order valence-corrected chi connectivity index (χ1v) is 5.92. The van der Waals surface area contributed by atoms with E-state index in [1.807, 2.05) is 6.07 Å². The molecule has 0 spiro atoms. The first kappa shape index (κ1) is 11.4. The van der Waals surface area contributed by atoms with E-state index in [0.29, 0.717) is 9.92 Å². The van der Waals surface area contributed by atoms with Crippen molar-refractivity contribution in [1.29, 1.82) is 0 Å². The number of nitrogens with zero attached hydrogens (tertiary/aromatic N) is 2. The molecule has 86 valence electrons. The van der Waals surface area contributed by atoms with Gasteiger partial charge in [0.1, 0.15) is 21.5 Å². The lowest BCUT2D eigenvalue weighted by atomic mass is 10.4. The predicted octanol–water partition coefficient (Wildman–Crippen LogP) is 0.742. The second-order valence-corrected chi connectivity index (χ2v) is 4.61. The monoisotopic (exact) mass is 247 g/mol. The lowest BCUT2D eigenvalue weighted by Crippen LogP contribution is -2.13. The van der Waals surface area contributed by atoms with E-state index in [4.69, 9.17) is 5.73 Å². The molecule has 0 aliphatic carbocycles. The second kappa shape index (κ2) is 4.84. The fourth-order valence-electron chi connectivity index (χ4n) is 1.20. The van der Waals surface area contributed by atoms with Gasteiger partial charge in [0.2, 0.25) is 0 Å². The Kier molecular flexibility index (Phi) is 3.24. The van der Waals surface area contributed by atoms with Crippen LogP contribution < -0.4 is 5.73 Å². The normalized spacial score (nSPS) is 12.0. The number of hydrogen-bond donors (Lipinski definition) is 1. The molecule has 0 aliphatic rings. The van der Waals surface area contributed by atoms with Gasteiger partial charge in [0.25, 0.3) is 5.91 Å². The van der Waals surface area contributed by atoms with Crippen molar-refractivity contribution in [2.75, 3.05) is 0 Å². The number of carbonyl (C=O) groups is 1. The van der Waals surface area contributed by atoms with Gasteiger partial charge in [0.05, 0.1) is 12.4 Å². The summed E-state index contributed by atoms with van der Waals surface area (Å²) in [7, 11) is -1.39. The highest BCUT2D eigenvalue weighted by Crippen LogP contribution is 2.12. The first-order valence-electron chi connectivity index (χ1n) is 4.77. The highest BCUT2D eigenvalue weighted by Gasteiger charge is 2.10. The van der Waals surface area contributed by atoms with E-state index in [1.165, 1.54) is 12.4 Å². The third-order valence-corrected chi connectivity index (χ3v) is 3.32. The summed E-state index contributed by atoms with van der Waals surface area (Å²) in [6.07, 6.45) is 2.52. The Morgan fingerprint density at radius 3 is 2.35 bits per heavy atom. The molecule has 1 unspecified atom stereocenters. The van der Waals surface area contributed by atoms with E-state index in [9.17, 15) is 9.00 Å². The van der Waals surface area contributed by atoms with Gasteiger partial charge >= 0.3 is 0 Å². The maximum Gasteiger partial charge on any atom is 0.268 e. The van der Waals surface area contributed by atoms with Gasteiger partial charge in [-0.1, -0.05) is 18.2 Å². The topological polar surface area (TPSA) is 85.9 Å². The average molecular weight is 247 g/mol. The predicted molar refractivity (Wildman–Crippen MR) is 61.7 cm³/mol. The number of carbonyl (C=O) groups excluding carboxylic acids is 1. The molecule has 1 atom stereocenters. The lowest BCUT2D eigenvalue weighted by molar-refractivity contribution is 0.0995. The Balaban J connectivity index is 2.30. The van der Waals surface area contributed by atoms with Crippen LogP contribution in [0.3, 0.4) is 0 Å². The van der Waals surface area contributed by atoms with Gasteiger partial charge < -0.3 is 5.73 Å². The van der Waals surface area contributed by atoms with Crippen LogP contribution in [-0.2, 0) is 10.8 Å². The Hall–Kier alpha value is -2.08. The summed E-state index contributed by atoms with van der Waals surface area (Å²) in [5.74, 6) is -0.658. The minimum Gasteiger partial charge on any atom is -0.364 e. The molecule has 5 nitrogen and oxygen atoms in total. The largest absolute Gasteiger partial charge is 0.364 e. The summed E-state index contributed by atoms with van der Waals surface area (Å²) in [6, 6.07) is 8.89. The molecular formula is C11H9N3O2S. The van der Waals surface area contributed by atoms with Gasteiger partial charge in [-0.25, -0.2) is 14.2 Å². The minimum absolute atomic E-state index is 0.0545. The van der Waals surface area contributed by atoms with Crippen LogP contribution in [0.1, 0.15) is 10.5 Å². The molecule has 2 N–H and O–H groups in total. The maximum absolute atomic E-state index is 12.0. The molecule has 1 aromatic heterocycles. The van der Waals surface area contributed by atoms with Gasteiger partial charge in [0, 0.05) is 4.90 Å². The molecule has 2 aromatic rings. The number of nitrogens with two attached hydrogens (primary N) is 1. The summed E-state index contributed by atoms with van der Waals surface area (Å²) in [4.78, 5) is 19.1. The minimum atomic E-state index is -1.39. The fraction of sp³-hybridized carbons (Fsp3) is 0. The van der Waals surface area contributed by atoms with Crippen molar-refractivity contribution in [3.8, 4) is 0 Å². The van der Waals surface area contributed by atoms with Crippen molar-refractivity contribution < 1.29 is 9.00 Å². The van der Waals surface area contributed by atoms with Crippen molar-refractivity contribution in [2.24, 2.45) is 5.73 Å². The zero-order valence-corrected chi connectivity index (χ0v) is 9.55. The van der Waals surface area contributed by atoms with E-state index < -0.39 is 16.7 Å². The summed E-state index contributed by atoms with van der Waals surface area (Å²) in [5.41, 5.74) is 5.09. The number of primary amides is 1. The van der Waals surface area contributed by atoms with Gasteiger partial charge in [0.15, 0.2) is 0 Å². The summed E-state index contributed by atoms with van der Waals surface area (Å²) >= 11 is 0. The van der Waals surface area contributed by atoms with Gasteiger partial charge in [-0.05, 0) is 12.1 Å². The first-order chi connectivity index (χ1) is 8.18. The molecular weight excluding hydrogens is 238 g/mol. The molecule has 0 saturated heterocycles. The van der Waals surface area contributed by atoms with E-state index in [2.05, 4.69) is 9.97 Å². The summed E-state index contributed by atoms with van der Waals surface area (Å²) in [6.45, 7) is 0. The Labute approximate surface area is 100 Å². The highest BCUT2D eigenvalue weighted by molar-refractivity contribution is 7.85. The number of benzene rings is 1. The molecule has 1 aromatic carbocycles. The molecule has 2 rings (SSSR count). The number of amides is 1. The van der Waals surface area contributed by atoms with Crippen LogP contribution in [-0.4, -0.2) is 20.1 Å². The zero-order chi connectivity index (χ0) is 12.3. The molecule has 0 bridgehead atoms. The molecule has 17 heavy (non-hydrogen) atoms. The third kappa shape index (κ3) is 2.54. The van der Waals surface area contributed by atoms with Crippen LogP contribution in [0, 0.1) is 0 Å². The molecule has 1 amide bonds. The molecule has 0 saturated carbocycles. The van der Waals surface area contributed by atoms with E-state index in [1.54, 1.807) is 24.3 Å². The standard InChI is InChI=1S/C11H9N3O2S/c12-11(15)9-6-14-10(7-13-9)17(16)8-4-2-1-3-5-8/h1-7H,(H2,12,15). The fourth-order valence-corrected chi connectivity index (χ4v) is 2.15. The highest BCUT2D eigenvalue weighted by atomic mass is 32.2. The summed E-state index contributed by atoms with van der Waals surface area (Å²) in [5, 5.41) is 0.293. The van der Waals surface area contributed by atoms with Gasteiger partial charge in [-0.2, -0.15) is 0 Å². The number of rotatable bonds is 3. The van der Waals surface area contributed by atoms with E-state index >= 15 is 0 Å². The lowest BCUT2D eigenvalue weighted by Gasteiger charge is -2.01. The SMILES string of the molecule is NC(=O)c1cnc(S(=O)c2ccccc2)cn1. The van der Waals surface area contributed by atoms with E-state index in [0.717, 1.165) is 0 Å². The quantitative estimate of drug-likeness (QED) is 0.866. The number of hydrogen-bond acceptors (Lipinski definition) is 4. The van der Waals surface area contributed by atoms with Crippen molar-refractivity contribution in [3.63, 3.8) is 0 Å². The molecule has 0 aliphatic heterocycles. The van der Waals surface area contributed by atoms with Crippen LogP contribution in [0.2, 0.25) is 0 Å². The third-order valence-electron chi connectivity index (χ3n) is 2.03. The smallest absolute Gasteiger partial charge is 0.268 e. The zero-order valence-electron chi connectivity index (χ0n) is 8.74. The van der Waals surface area contributed by atoms with Crippen LogP contribution in [0.25, 0.3) is 0 Å². The number of aromatic nitrogens is 2. The Bertz CT molecular complexity index is 555. The molecule has 6 heteroatoms. The van der Waals surface area contributed by atoms with Crippen molar-refractivity contribution in [1.82, 2.24) is 9.97 Å². The van der Waals surface area contributed by atoms with Crippen molar-refractivity contribution >= 4 is 16.7 Å². The Morgan fingerprint density at radius 1 is 1.12 bits per heavy atom. The molecule has 0 radical (unpaired) electrons. The van der Waals surface area contributed by atoms with Crippen LogP contribution in [0.4, 0.5) is 0 Å². The molecule has 1 heterocycles. The van der Waals surface area contributed by atoms with Gasteiger partial charge in [-0.15, -0.1) is 0 Å².